The molecule has 0 aliphatic carbocycles. The van der Waals surface area contributed by atoms with E-state index in [-0.39, 0.29) is 0 Å². The summed E-state index contributed by atoms with van der Waals surface area (Å²) in [5.41, 5.74) is 0.634. The van der Waals surface area contributed by atoms with Crippen molar-refractivity contribution in [3.8, 4) is 0 Å². The number of hydrogen-bond acceptors (Lipinski definition) is 5. The first-order chi connectivity index (χ1) is 8.77. The predicted molar refractivity (Wildman–Crippen MR) is 64.3 cm³/mol. The Morgan fingerprint density at radius 2 is 2.33 bits per heavy atom. The molecule has 1 atom stereocenters. The highest BCUT2D eigenvalue weighted by Gasteiger charge is 2.30. The molecule has 3 rings (SSSR count). The van der Waals surface area contributed by atoms with Crippen LogP contribution >= 0.6 is 0 Å². The molecule has 2 aromatic heterocycles. The lowest BCUT2D eigenvalue weighted by molar-refractivity contribution is -0.139. The first-order valence-corrected chi connectivity index (χ1v) is 5.91. The van der Waals surface area contributed by atoms with Gasteiger partial charge in [-0.15, -0.1) is 0 Å². The van der Waals surface area contributed by atoms with Crippen molar-refractivity contribution in [2.24, 2.45) is 0 Å². The van der Waals surface area contributed by atoms with Crippen LogP contribution in [0.15, 0.2) is 12.5 Å². The lowest BCUT2D eigenvalue weighted by Crippen LogP contribution is -2.45. The molecule has 0 bridgehead atoms. The summed E-state index contributed by atoms with van der Waals surface area (Å²) in [6.45, 7) is 0.703. The summed E-state index contributed by atoms with van der Waals surface area (Å²) in [7, 11) is 0. The average molecular weight is 247 g/mol. The van der Waals surface area contributed by atoms with Crippen molar-refractivity contribution >= 4 is 22.8 Å². The standard InChI is InChI=1S/C11H13N5O2/c17-11(18)8-3-1-2-4-16(8)10-7-5-14-15-9(7)12-6-13-10/h5-6,8H,1-4H2,(H,17,18)(H,12,13,14,15). The molecule has 1 aliphatic heterocycles. The van der Waals surface area contributed by atoms with E-state index in [1.54, 1.807) is 6.20 Å². The van der Waals surface area contributed by atoms with Crippen LogP contribution in [-0.2, 0) is 4.79 Å². The number of aliphatic carboxylic acids is 1. The van der Waals surface area contributed by atoms with Gasteiger partial charge in [0, 0.05) is 6.54 Å². The number of carbonyl (C=O) groups is 1. The third kappa shape index (κ3) is 1.68. The minimum Gasteiger partial charge on any atom is -0.480 e. The zero-order chi connectivity index (χ0) is 12.5. The van der Waals surface area contributed by atoms with E-state index in [0.717, 1.165) is 18.2 Å². The summed E-state index contributed by atoms with van der Waals surface area (Å²) >= 11 is 0. The molecule has 0 saturated carbocycles. The first kappa shape index (κ1) is 10.9. The van der Waals surface area contributed by atoms with Crippen molar-refractivity contribution in [3.63, 3.8) is 0 Å². The van der Waals surface area contributed by atoms with Gasteiger partial charge in [-0.1, -0.05) is 0 Å². The number of piperidine rings is 1. The Morgan fingerprint density at radius 1 is 1.44 bits per heavy atom. The smallest absolute Gasteiger partial charge is 0.326 e. The molecule has 7 nitrogen and oxygen atoms in total. The molecule has 1 fully saturated rings. The van der Waals surface area contributed by atoms with Crippen LogP contribution in [0.4, 0.5) is 5.82 Å². The molecule has 18 heavy (non-hydrogen) atoms. The Hall–Kier alpha value is -2.18. The molecule has 0 aromatic carbocycles. The van der Waals surface area contributed by atoms with E-state index in [1.165, 1.54) is 6.33 Å². The molecule has 1 saturated heterocycles. The Bertz CT molecular complexity index is 582. The Kier molecular flexibility index (Phi) is 2.58. The van der Waals surface area contributed by atoms with Gasteiger partial charge in [-0.25, -0.2) is 14.8 Å². The predicted octanol–water partition coefficient (Wildman–Crippen LogP) is 0.796. The van der Waals surface area contributed by atoms with E-state index in [4.69, 9.17) is 0 Å². The van der Waals surface area contributed by atoms with Crippen LogP contribution in [0, 0.1) is 0 Å². The summed E-state index contributed by atoms with van der Waals surface area (Å²) in [5.74, 6) is -0.147. The summed E-state index contributed by atoms with van der Waals surface area (Å²) in [6.07, 6.45) is 5.64. The molecule has 7 heteroatoms. The van der Waals surface area contributed by atoms with Gasteiger partial charge in [0.1, 0.15) is 18.2 Å². The number of aromatic amines is 1. The van der Waals surface area contributed by atoms with Crippen LogP contribution in [0.2, 0.25) is 0 Å². The zero-order valence-corrected chi connectivity index (χ0v) is 9.70. The minimum absolute atomic E-state index is 0.508. The molecule has 1 unspecified atom stereocenters. The maximum Gasteiger partial charge on any atom is 0.326 e. The zero-order valence-electron chi connectivity index (χ0n) is 9.70. The summed E-state index contributed by atoms with van der Waals surface area (Å²) < 4.78 is 0. The van der Waals surface area contributed by atoms with E-state index >= 15 is 0 Å². The highest BCUT2D eigenvalue weighted by molar-refractivity contribution is 5.89. The van der Waals surface area contributed by atoms with Crippen LogP contribution < -0.4 is 4.90 Å². The first-order valence-electron chi connectivity index (χ1n) is 5.91. The highest BCUT2D eigenvalue weighted by Crippen LogP contribution is 2.27. The lowest BCUT2D eigenvalue weighted by Gasteiger charge is -2.33. The second kappa shape index (κ2) is 4.25. The maximum atomic E-state index is 11.3. The fraction of sp³-hybridized carbons (Fsp3) is 0.455. The maximum absolute atomic E-state index is 11.3. The van der Waals surface area contributed by atoms with Crippen molar-refractivity contribution in [2.45, 2.75) is 25.3 Å². The van der Waals surface area contributed by atoms with Gasteiger partial charge in [0.05, 0.1) is 11.6 Å². The number of nitrogens with zero attached hydrogens (tertiary/aromatic N) is 4. The van der Waals surface area contributed by atoms with Gasteiger partial charge in [0.15, 0.2) is 5.65 Å². The van der Waals surface area contributed by atoms with Crippen molar-refractivity contribution in [2.75, 3.05) is 11.4 Å². The number of carboxylic acid groups (broad SMARTS) is 1. The molecule has 0 amide bonds. The number of fused-ring (bicyclic) bond motifs is 1. The summed E-state index contributed by atoms with van der Waals surface area (Å²) in [6, 6.07) is -0.508. The van der Waals surface area contributed by atoms with Crippen molar-refractivity contribution in [1.82, 2.24) is 20.2 Å². The number of nitrogens with one attached hydrogen (secondary N) is 1. The number of aromatic nitrogens is 4. The van der Waals surface area contributed by atoms with Crippen LogP contribution in [0.5, 0.6) is 0 Å². The van der Waals surface area contributed by atoms with Crippen LogP contribution in [0.25, 0.3) is 11.0 Å². The minimum atomic E-state index is -0.801. The number of anilines is 1. The molecule has 3 heterocycles. The topological polar surface area (TPSA) is 95.0 Å². The lowest BCUT2D eigenvalue weighted by atomic mass is 10.0. The molecule has 0 spiro atoms. The largest absolute Gasteiger partial charge is 0.480 e. The highest BCUT2D eigenvalue weighted by atomic mass is 16.4. The molecule has 2 N–H and O–H groups in total. The average Bonchev–Trinajstić information content (AvgIpc) is 2.86. The Balaban J connectivity index is 2.06. The van der Waals surface area contributed by atoms with Gasteiger partial charge in [-0.2, -0.15) is 5.10 Å². The molecule has 0 radical (unpaired) electrons. The van der Waals surface area contributed by atoms with Gasteiger partial charge < -0.3 is 10.0 Å². The fourth-order valence-corrected chi connectivity index (χ4v) is 2.42. The molecular weight excluding hydrogens is 234 g/mol. The van der Waals surface area contributed by atoms with E-state index in [0.29, 0.717) is 24.4 Å². The van der Waals surface area contributed by atoms with Crippen LogP contribution in [-0.4, -0.2) is 43.8 Å². The monoisotopic (exact) mass is 247 g/mol. The van der Waals surface area contributed by atoms with E-state index in [2.05, 4.69) is 20.2 Å². The molecule has 94 valence electrons. The van der Waals surface area contributed by atoms with Crippen molar-refractivity contribution < 1.29 is 9.90 Å². The van der Waals surface area contributed by atoms with E-state index < -0.39 is 12.0 Å². The van der Waals surface area contributed by atoms with Gasteiger partial charge in [-0.3, -0.25) is 5.10 Å². The van der Waals surface area contributed by atoms with Crippen LogP contribution in [0.1, 0.15) is 19.3 Å². The quantitative estimate of drug-likeness (QED) is 0.814. The number of rotatable bonds is 2. The Labute approximate surface area is 103 Å². The number of H-pyrrole nitrogens is 1. The van der Waals surface area contributed by atoms with Gasteiger partial charge in [0.25, 0.3) is 0 Å². The van der Waals surface area contributed by atoms with Crippen LogP contribution in [0.3, 0.4) is 0 Å². The van der Waals surface area contributed by atoms with E-state index in [9.17, 15) is 9.90 Å². The second-order valence-electron chi connectivity index (χ2n) is 4.37. The fourth-order valence-electron chi connectivity index (χ4n) is 2.42. The molecular formula is C11H13N5O2. The number of hydrogen-bond donors (Lipinski definition) is 2. The Morgan fingerprint density at radius 3 is 3.17 bits per heavy atom. The third-order valence-electron chi connectivity index (χ3n) is 3.29. The van der Waals surface area contributed by atoms with E-state index in [1.807, 2.05) is 4.90 Å². The van der Waals surface area contributed by atoms with Gasteiger partial charge in [-0.05, 0) is 19.3 Å². The normalized spacial score (nSPS) is 20.2. The summed E-state index contributed by atoms with van der Waals surface area (Å²) in [4.78, 5) is 21.4. The molecule has 1 aliphatic rings. The van der Waals surface area contributed by atoms with Gasteiger partial charge >= 0.3 is 5.97 Å². The number of carboxylic acids is 1. The third-order valence-corrected chi connectivity index (χ3v) is 3.29. The second-order valence-corrected chi connectivity index (χ2v) is 4.37. The van der Waals surface area contributed by atoms with Gasteiger partial charge in [0.2, 0.25) is 0 Å². The SMILES string of the molecule is O=C(O)C1CCCCN1c1ncnc2[nH]ncc12. The van der Waals surface area contributed by atoms with Crippen molar-refractivity contribution in [1.29, 1.82) is 0 Å². The molecule has 2 aromatic rings. The summed E-state index contributed by atoms with van der Waals surface area (Å²) in [5, 5.41) is 16.7. The van der Waals surface area contributed by atoms with Crippen molar-refractivity contribution in [3.05, 3.63) is 12.5 Å².